The zero-order valence-corrected chi connectivity index (χ0v) is 14.4. The van der Waals surface area contributed by atoms with Gasteiger partial charge in [0, 0.05) is 32.2 Å². The number of methoxy groups -OCH3 is 1. The van der Waals surface area contributed by atoms with E-state index in [0.717, 1.165) is 18.1 Å². The Morgan fingerprint density at radius 3 is 2.48 bits per heavy atom. The fourth-order valence-corrected chi connectivity index (χ4v) is 3.63. The van der Waals surface area contributed by atoms with Gasteiger partial charge in [0.25, 0.3) is 0 Å². The molecule has 122 valence electrons. The summed E-state index contributed by atoms with van der Waals surface area (Å²) < 4.78 is 5.17. The van der Waals surface area contributed by atoms with Crippen LogP contribution in [0.1, 0.15) is 31.5 Å². The summed E-state index contributed by atoms with van der Waals surface area (Å²) in [7, 11) is 3.79. The van der Waals surface area contributed by atoms with Crippen LogP contribution in [0.3, 0.4) is 0 Å². The van der Waals surface area contributed by atoms with Gasteiger partial charge in [-0.05, 0) is 17.4 Å². The molecule has 1 atom stereocenters. The normalized spacial score (nSPS) is 21.9. The Labute approximate surface area is 138 Å². The lowest BCUT2D eigenvalue weighted by molar-refractivity contribution is 0.181. The van der Waals surface area contributed by atoms with Gasteiger partial charge in [-0.2, -0.15) is 0 Å². The van der Waals surface area contributed by atoms with Gasteiger partial charge in [-0.15, -0.1) is 0 Å². The van der Waals surface area contributed by atoms with Crippen molar-refractivity contribution in [3.8, 4) is 0 Å². The number of benzene rings is 1. The molecule has 0 saturated heterocycles. The molecule has 1 aromatic carbocycles. The van der Waals surface area contributed by atoms with Crippen molar-refractivity contribution in [3.05, 3.63) is 54.0 Å². The maximum Gasteiger partial charge on any atom is 0.132 e. The van der Waals surface area contributed by atoms with Crippen LogP contribution in [0.4, 0.5) is 5.82 Å². The summed E-state index contributed by atoms with van der Waals surface area (Å²) in [5.74, 6) is 0.949. The van der Waals surface area contributed by atoms with E-state index in [1.807, 2.05) is 6.07 Å². The monoisotopic (exact) mass is 311 g/mol. The molecule has 0 amide bonds. The summed E-state index contributed by atoms with van der Waals surface area (Å²) in [5, 5.41) is 0. The molecule has 2 aromatic rings. The summed E-state index contributed by atoms with van der Waals surface area (Å²) in [4.78, 5) is 10.9. The van der Waals surface area contributed by atoms with Crippen molar-refractivity contribution < 1.29 is 4.74 Å². The second kappa shape index (κ2) is 5.93. The Kier molecular flexibility index (Phi) is 4.11. The molecule has 0 N–H and O–H groups in total. The molecule has 23 heavy (non-hydrogen) atoms. The summed E-state index contributed by atoms with van der Waals surface area (Å²) in [6.07, 6.45) is 2.82. The van der Waals surface area contributed by atoms with E-state index in [2.05, 4.69) is 66.1 Å². The zero-order valence-electron chi connectivity index (χ0n) is 14.4. The molecule has 1 heterocycles. The largest absolute Gasteiger partial charge is 0.378 e. The highest BCUT2D eigenvalue weighted by molar-refractivity contribution is 5.45. The van der Waals surface area contributed by atoms with Gasteiger partial charge >= 0.3 is 0 Å². The summed E-state index contributed by atoms with van der Waals surface area (Å²) in [6.45, 7) is 6.17. The third kappa shape index (κ3) is 2.95. The van der Waals surface area contributed by atoms with E-state index in [1.54, 1.807) is 13.4 Å². The lowest BCUT2D eigenvalue weighted by atomic mass is 9.87. The second-order valence-electron chi connectivity index (χ2n) is 7.17. The number of nitrogens with zero attached hydrogens (tertiary/aromatic N) is 3. The Balaban J connectivity index is 1.83. The molecule has 4 heteroatoms. The molecule has 1 aromatic heterocycles. The van der Waals surface area contributed by atoms with Gasteiger partial charge in [0.2, 0.25) is 0 Å². The predicted octanol–water partition coefficient (Wildman–Crippen LogP) is 3.43. The Morgan fingerprint density at radius 1 is 1.17 bits per heavy atom. The number of hydrogen-bond acceptors (Lipinski definition) is 4. The molecule has 1 saturated carbocycles. The smallest absolute Gasteiger partial charge is 0.132 e. The molecule has 3 rings (SSSR count). The predicted molar refractivity (Wildman–Crippen MR) is 92.5 cm³/mol. The molecule has 1 fully saturated rings. The molecule has 0 radical (unpaired) electrons. The highest BCUT2D eigenvalue weighted by Gasteiger charge is 2.62. The summed E-state index contributed by atoms with van der Waals surface area (Å²) >= 11 is 0. The number of rotatable bonds is 6. The van der Waals surface area contributed by atoms with Gasteiger partial charge in [-0.1, -0.05) is 44.2 Å². The van der Waals surface area contributed by atoms with E-state index in [4.69, 9.17) is 4.74 Å². The van der Waals surface area contributed by atoms with Crippen molar-refractivity contribution in [1.29, 1.82) is 0 Å². The zero-order chi connectivity index (χ0) is 16.5. The average molecular weight is 311 g/mol. The first kappa shape index (κ1) is 15.9. The highest BCUT2D eigenvalue weighted by Crippen LogP contribution is 2.64. The van der Waals surface area contributed by atoms with Crippen LogP contribution in [0, 0.1) is 5.41 Å². The van der Waals surface area contributed by atoms with E-state index in [9.17, 15) is 0 Å². The van der Waals surface area contributed by atoms with Crippen molar-refractivity contribution >= 4 is 5.82 Å². The van der Waals surface area contributed by atoms with Crippen LogP contribution in [0.25, 0.3) is 0 Å². The van der Waals surface area contributed by atoms with Crippen LogP contribution in [-0.2, 0) is 16.8 Å². The van der Waals surface area contributed by atoms with Crippen LogP contribution < -0.4 is 4.90 Å². The first-order valence-corrected chi connectivity index (χ1v) is 8.05. The first-order valence-electron chi connectivity index (χ1n) is 8.05. The molecule has 1 aliphatic rings. The summed E-state index contributed by atoms with van der Waals surface area (Å²) in [5.41, 5.74) is 2.83. The molecular weight excluding hydrogens is 286 g/mol. The second-order valence-corrected chi connectivity index (χ2v) is 7.17. The standard InChI is InChI=1S/C19H25N3O/c1-18(2)12-19(18,15-8-6-5-7-9-15)13-22(3)17-10-16(11-23-4)20-14-21-17/h5-10,14H,11-13H2,1-4H3. The SMILES string of the molecule is COCc1cc(N(C)CC2(c3ccccc3)CC2(C)C)ncn1. The number of hydrogen-bond donors (Lipinski definition) is 0. The highest BCUT2D eigenvalue weighted by atomic mass is 16.5. The molecule has 4 nitrogen and oxygen atoms in total. The van der Waals surface area contributed by atoms with Crippen molar-refractivity contribution in [2.75, 3.05) is 25.6 Å². The van der Waals surface area contributed by atoms with Crippen molar-refractivity contribution in [3.63, 3.8) is 0 Å². The molecule has 1 aliphatic carbocycles. The lowest BCUT2D eigenvalue weighted by Crippen LogP contribution is -2.33. The van der Waals surface area contributed by atoms with E-state index < -0.39 is 0 Å². The van der Waals surface area contributed by atoms with E-state index in [1.165, 1.54) is 12.0 Å². The number of anilines is 1. The Hall–Kier alpha value is -1.94. The topological polar surface area (TPSA) is 38.2 Å². The maximum atomic E-state index is 5.17. The third-order valence-electron chi connectivity index (χ3n) is 5.14. The third-order valence-corrected chi connectivity index (χ3v) is 5.14. The molecule has 0 spiro atoms. The van der Waals surface area contributed by atoms with Gasteiger partial charge < -0.3 is 9.64 Å². The Bertz CT molecular complexity index is 671. The quantitative estimate of drug-likeness (QED) is 0.819. The minimum Gasteiger partial charge on any atom is -0.378 e. The number of ether oxygens (including phenoxy) is 1. The molecule has 0 aliphatic heterocycles. The fraction of sp³-hybridized carbons (Fsp3) is 0.474. The molecular formula is C19H25N3O. The number of likely N-dealkylation sites (N-methyl/N-ethyl adjacent to an activating group) is 1. The van der Waals surface area contributed by atoms with E-state index in [0.29, 0.717) is 12.0 Å². The van der Waals surface area contributed by atoms with Gasteiger partial charge in [-0.25, -0.2) is 9.97 Å². The van der Waals surface area contributed by atoms with Gasteiger partial charge in [0.1, 0.15) is 12.1 Å². The van der Waals surface area contributed by atoms with Crippen molar-refractivity contribution in [2.24, 2.45) is 5.41 Å². The first-order chi connectivity index (χ1) is 11.0. The number of aromatic nitrogens is 2. The van der Waals surface area contributed by atoms with E-state index in [-0.39, 0.29) is 5.41 Å². The Morgan fingerprint density at radius 2 is 1.87 bits per heavy atom. The van der Waals surface area contributed by atoms with E-state index >= 15 is 0 Å². The van der Waals surface area contributed by atoms with Crippen LogP contribution in [0.2, 0.25) is 0 Å². The van der Waals surface area contributed by atoms with Crippen LogP contribution in [0.5, 0.6) is 0 Å². The van der Waals surface area contributed by atoms with Gasteiger partial charge in [-0.3, -0.25) is 0 Å². The maximum absolute atomic E-state index is 5.17. The molecule has 1 unspecified atom stereocenters. The minimum absolute atomic E-state index is 0.190. The minimum atomic E-state index is 0.190. The average Bonchev–Trinajstić information content (AvgIpc) is 3.11. The van der Waals surface area contributed by atoms with Gasteiger partial charge in [0.05, 0.1) is 12.3 Å². The lowest BCUT2D eigenvalue weighted by Gasteiger charge is -2.28. The summed E-state index contributed by atoms with van der Waals surface area (Å²) in [6, 6.07) is 12.9. The van der Waals surface area contributed by atoms with Crippen LogP contribution in [-0.4, -0.2) is 30.7 Å². The van der Waals surface area contributed by atoms with Gasteiger partial charge in [0.15, 0.2) is 0 Å². The van der Waals surface area contributed by atoms with Crippen LogP contribution in [0.15, 0.2) is 42.7 Å². The molecule has 0 bridgehead atoms. The van der Waals surface area contributed by atoms with Crippen molar-refractivity contribution in [2.45, 2.75) is 32.3 Å². The fourth-order valence-electron chi connectivity index (χ4n) is 3.63. The van der Waals surface area contributed by atoms with Crippen molar-refractivity contribution in [1.82, 2.24) is 9.97 Å². The van der Waals surface area contributed by atoms with Crippen LogP contribution >= 0.6 is 0 Å².